The van der Waals surface area contributed by atoms with E-state index in [-0.39, 0.29) is 23.7 Å². The zero-order valence-electron chi connectivity index (χ0n) is 14.0. The number of hydrogen-bond donors (Lipinski definition) is 1. The van der Waals surface area contributed by atoms with Crippen molar-refractivity contribution in [2.75, 3.05) is 26.4 Å². The molecule has 1 fully saturated rings. The van der Waals surface area contributed by atoms with Gasteiger partial charge in [0.25, 0.3) is 5.91 Å². The average Bonchev–Trinajstić information content (AvgIpc) is 2.66. The molecule has 0 aliphatic carbocycles. The number of carbonyl (C=O) groups excluding carboxylic acids is 1. The van der Waals surface area contributed by atoms with Crippen LogP contribution in [0.25, 0.3) is 0 Å². The van der Waals surface area contributed by atoms with Crippen LogP contribution in [0.2, 0.25) is 0 Å². The van der Waals surface area contributed by atoms with Crippen LogP contribution in [0.3, 0.4) is 0 Å². The van der Waals surface area contributed by atoms with Gasteiger partial charge in [0, 0.05) is 25.2 Å². The monoisotopic (exact) mass is 343 g/mol. The fourth-order valence-electron chi connectivity index (χ4n) is 3.13. The van der Waals surface area contributed by atoms with E-state index in [1.165, 1.54) is 6.07 Å². The van der Waals surface area contributed by atoms with E-state index in [4.69, 9.17) is 9.47 Å². The number of rotatable bonds is 6. The van der Waals surface area contributed by atoms with Crippen molar-refractivity contribution >= 4 is 5.91 Å². The Kier molecular flexibility index (Phi) is 5.66. The summed E-state index contributed by atoms with van der Waals surface area (Å²) < 4.78 is 24.6. The fraction of sp³-hybridized carbons (Fsp3) is 0.350. The Bertz CT molecular complexity index is 699. The molecule has 1 N–H and O–H groups in total. The molecule has 0 saturated carbocycles. The number of hydrogen-bond acceptors (Lipinski definition) is 3. The highest BCUT2D eigenvalue weighted by Crippen LogP contribution is 2.34. The molecule has 0 radical (unpaired) electrons. The lowest BCUT2D eigenvalue weighted by atomic mass is 9.74. The number of amides is 1. The molecule has 0 atom stereocenters. The minimum atomic E-state index is -0.303. The molecule has 132 valence electrons. The smallest absolute Gasteiger partial charge is 0.257 e. The Hall–Kier alpha value is -2.40. The van der Waals surface area contributed by atoms with Crippen molar-refractivity contribution in [2.24, 2.45) is 0 Å². The molecule has 1 aliphatic rings. The van der Waals surface area contributed by atoms with Crippen LogP contribution in [-0.2, 0) is 14.9 Å². The van der Waals surface area contributed by atoms with Gasteiger partial charge in [0.1, 0.15) is 11.6 Å². The first-order chi connectivity index (χ1) is 12.2. The third-order valence-electron chi connectivity index (χ3n) is 4.62. The molecule has 5 heteroatoms. The summed E-state index contributed by atoms with van der Waals surface area (Å²) in [6.45, 7) is 1.61. The zero-order chi connectivity index (χ0) is 17.5. The van der Waals surface area contributed by atoms with Gasteiger partial charge in [-0.15, -0.1) is 0 Å². The largest absolute Gasteiger partial charge is 0.484 e. The third kappa shape index (κ3) is 4.57. The van der Waals surface area contributed by atoms with Crippen molar-refractivity contribution < 1.29 is 18.7 Å². The number of ether oxygens (including phenoxy) is 2. The van der Waals surface area contributed by atoms with Gasteiger partial charge in [-0.1, -0.05) is 30.3 Å². The Morgan fingerprint density at radius 3 is 2.60 bits per heavy atom. The van der Waals surface area contributed by atoms with Crippen LogP contribution in [0.1, 0.15) is 18.4 Å². The number of para-hydroxylation sites is 1. The van der Waals surface area contributed by atoms with E-state index in [9.17, 15) is 9.18 Å². The molecule has 0 spiro atoms. The predicted molar refractivity (Wildman–Crippen MR) is 93.1 cm³/mol. The highest BCUT2D eigenvalue weighted by atomic mass is 19.1. The number of carbonyl (C=O) groups is 1. The normalized spacial score (nSPS) is 16.2. The summed E-state index contributed by atoms with van der Waals surface area (Å²) >= 11 is 0. The van der Waals surface area contributed by atoms with E-state index < -0.39 is 0 Å². The quantitative estimate of drug-likeness (QED) is 0.877. The molecule has 3 rings (SSSR count). The molecule has 0 unspecified atom stereocenters. The summed E-state index contributed by atoms with van der Waals surface area (Å²) in [5, 5.41) is 2.94. The SMILES string of the molecule is O=C(COc1ccccc1)NCC1(c2cccc(F)c2)CCOCC1. The summed E-state index contributed by atoms with van der Waals surface area (Å²) in [6, 6.07) is 15.8. The molecule has 2 aromatic carbocycles. The maximum Gasteiger partial charge on any atom is 0.257 e. The van der Waals surface area contributed by atoms with E-state index in [2.05, 4.69) is 5.32 Å². The van der Waals surface area contributed by atoms with E-state index in [0.717, 1.165) is 18.4 Å². The summed E-state index contributed by atoms with van der Waals surface area (Å²) in [4.78, 5) is 12.2. The molecule has 1 aliphatic heterocycles. The van der Waals surface area contributed by atoms with Crippen LogP contribution in [-0.4, -0.2) is 32.3 Å². The number of halogens is 1. The van der Waals surface area contributed by atoms with Crippen LogP contribution in [0.4, 0.5) is 4.39 Å². The van der Waals surface area contributed by atoms with Crippen molar-refractivity contribution in [3.63, 3.8) is 0 Å². The summed E-state index contributed by atoms with van der Waals surface area (Å²) in [5.74, 6) is 0.205. The van der Waals surface area contributed by atoms with E-state index in [1.54, 1.807) is 24.3 Å². The van der Waals surface area contributed by atoms with Gasteiger partial charge in [0.05, 0.1) is 0 Å². The van der Waals surface area contributed by atoms with Crippen molar-refractivity contribution in [1.82, 2.24) is 5.32 Å². The summed E-state index contributed by atoms with van der Waals surface area (Å²) in [6.07, 6.45) is 1.49. The van der Waals surface area contributed by atoms with Gasteiger partial charge in [-0.25, -0.2) is 4.39 Å². The van der Waals surface area contributed by atoms with Crippen molar-refractivity contribution in [3.05, 3.63) is 66.0 Å². The second kappa shape index (κ2) is 8.12. The van der Waals surface area contributed by atoms with Gasteiger partial charge in [-0.2, -0.15) is 0 Å². The van der Waals surface area contributed by atoms with Gasteiger partial charge < -0.3 is 14.8 Å². The maximum atomic E-state index is 13.7. The Morgan fingerprint density at radius 1 is 1.12 bits per heavy atom. The van der Waals surface area contributed by atoms with E-state index >= 15 is 0 Å². The molecule has 2 aromatic rings. The van der Waals surface area contributed by atoms with E-state index in [1.807, 2.05) is 24.3 Å². The predicted octanol–water partition coefficient (Wildman–Crippen LogP) is 3.07. The van der Waals surface area contributed by atoms with Crippen LogP contribution in [0, 0.1) is 5.82 Å². The molecular weight excluding hydrogens is 321 g/mol. The van der Waals surface area contributed by atoms with Crippen LogP contribution >= 0.6 is 0 Å². The first-order valence-electron chi connectivity index (χ1n) is 8.46. The lowest BCUT2D eigenvalue weighted by Crippen LogP contribution is -2.45. The molecule has 1 saturated heterocycles. The van der Waals surface area contributed by atoms with Crippen molar-refractivity contribution in [2.45, 2.75) is 18.3 Å². The Labute approximate surface area is 147 Å². The summed E-state index contributed by atoms with van der Waals surface area (Å²) in [5.41, 5.74) is 0.600. The van der Waals surface area contributed by atoms with Crippen LogP contribution < -0.4 is 10.1 Å². The molecule has 0 aromatic heterocycles. The highest BCUT2D eigenvalue weighted by molar-refractivity contribution is 5.77. The van der Waals surface area contributed by atoms with Gasteiger partial charge in [0.15, 0.2) is 6.61 Å². The average molecular weight is 343 g/mol. The van der Waals surface area contributed by atoms with Crippen molar-refractivity contribution in [3.8, 4) is 5.75 Å². The Balaban J connectivity index is 1.62. The second-order valence-corrected chi connectivity index (χ2v) is 6.28. The summed E-state index contributed by atoms with van der Waals surface area (Å²) in [7, 11) is 0. The van der Waals surface area contributed by atoms with E-state index in [0.29, 0.717) is 25.5 Å². The highest BCUT2D eigenvalue weighted by Gasteiger charge is 2.35. The molecule has 25 heavy (non-hydrogen) atoms. The molecule has 1 heterocycles. The van der Waals surface area contributed by atoms with Gasteiger partial charge in [-0.05, 0) is 42.7 Å². The van der Waals surface area contributed by atoms with Crippen LogP contribution in [0.5, 0.6) is 5.75 Å². The first kappa shape index (κ1) is 17.4. The van der Waals surface area contributed by atoms with Gasteiger partial charge in [0.2, 0.25) is 0 Å². The first-order valence-corrected chi connectivity index (χ1v) is 8.46. The minimum absolute atomic E-state index is 0.0419. The maximum absolute atomic E-state index is 13.7. The lowest BCUT2D eigenvalue weighted by molar-refractivity contribution is -0.123. The third-order valence-corrected chi connectivity index (χ3v) is 4.62. The second-order valence-electron chi connectivity index (χ2n) is 6.28. The van der Waals surface area contributed by atoms with Gasteiger partial charge >= 0.3 is 0 Å². The van der Waals surface area contributed by atoms with Crippen molar-refractivity contribution in [1.29, 1.82) is 0 Å². The molecule has 4 nitrogen and oxygen atoms in total. The molecular formula is C20H22FNO3. The molecule has 1 amide bonds. The topological polar surface area (TPSA) is 47.6 Å². The molecule has 0 bridgehead atoms. The fourth-order valence-corrected chi connectivity index (χ4v) is 3.13. The number of benzene rings is 2. The van der Waals surface area contributed by atoms with Crippen LogP contribution in [0.15, 0.2) is 54.6 Å². The Morgan fingerprint density at radius 2 is 1.88 bits per heavy atom. The lowest BCUT2D eigenvalue weighted by Gasteiger charge is -2.38. The number of nitrogens with one attached hydrogen (secondary N) is 1. The minimum Gasteiger partial charge on any atom is -0.484 e. The van der Waals surface area contributed by atoms with Gasteiger partial charge in [-0.3, -0.25) is 4.79 Å². The zero-order valence-corrected chi connectivity index (χ0v) is 14.0. The standard InChI is InChI=1S/C20H22FNO3/c21-17-6-4-5-16(13-17)20(9-11-24-12-10-20)15-22-19(23)14-25-18-7-2-1-3-8-18/h1-8,13H,9-12,14-15H2,(H,22,23).